The number of methoxy groups -OCH3 is 3. The molecular formula is C17H17N3O4. The van der Waals surface area contributed by atoms with Gasteiger partial charge in [0.15, 0.2) is 0 Å². The zero-order valence-corrected chi connectivity index (χ0v) is 13.6. The monoisotopic (exact) mass is 327 g/mol. The highest BCUT2D eigenvalue weighted by Crippen LogP contribution is 2.32. The lowest BCUT2D eigenvalue weighted by molar-refractivity contribution is 0.403. The minimum atomic E-state index is 0.267. The number of hydrogen-bond acceptors (Lipinski definition) is 7. The van der Waals surface area contributed by atoms with Gasteiger partial charge in [-0.2, -0.15) is 4.98 Å². The van der Waals surface area contributed by atoms with Gasteiger partial charge in [0.2, 0.25) is 5.82 Å². The predicted octanol–water partition coefficient (Wildman–Crippen LogP) is 3.51. The molecule has 0 aliphatic rings. The standard InChI is InChI=1S/C17H17N3O4/c1-21-12-6-4-5-11(9-12)18-17-19-16(20-24-17)14-10-13(22-2)7-8-15(14)23-3/h4-10H,1-3H3,(H,18,19,20). The number of benzene rings is 2. The molecule has 0 amide bonds. The molecule has 0 saturated carbocycles. The molecule has 7 nitrogen and oxygen atoms in total. The minimum absolute atomic E-state index is 0.267. The molecule has 3 aromatic rings. The van der Waals surface area contributed by atoms with Gasteiger partial charge in [0, 0.05) is 11.8 Å². The third kappa shape index (κ3) is 3.24. The van der Waals surface area contributed by atoms with Gasteiger partial charge < -0.3 is 24.1 Å². The normalized spacial score (nSPS) is 10.3. The topological polar surface area (TPSA) is 78.6 Å². The molecule has 3 rings (SSSR count). The van der Waals surface area contributed by atoms with Crippen LogP contribution in [0.5, 0.6) is 17.2 Å². The van der Waals surface area contributed by atoms with Crippen LogP contribution in [0.25, 0.3) is 11.4 Å². The summed E-state index contributed by atoms with van der Waals surface area (Å²) in [6.45, 7) is 0. The van der Waals surface area contributed by atoms with Crippen LogP contribution in [0.4, 0.5) is 11.7 Å². The Morgan fingerprint density at radius 3 is 2.46 bits per heavy atom. The molecule has 2 aromatic carbocycles. The number of hydrogen-bond donors (Lipinski definition) is 1. The Morgan fingerprint density at radius 1 is 0.917 bits per heavy atom. The van der Waals surface area contributed by atoms with E-state index in [9.17, 15) is 0 Å². The van der Waals surface area contributed by atoms with Crippen molar-refractivity contribution in [1.29, 1.82) is 0 Å². The molecule has 7 heteroatoms. The highest BCUT2D eigenvalue weighted by molar-refractivity contribution is 5.67. The van der Waals surface area contributed by atoms with E-state index in [0.717, 1.165) is 11.4 Å². The highest BCUT2D eigenvalue weighted by atomic mass is 16.5. The van der Waals surface area contributed by atoms with E-state index in [1.54, 1.807) is 39.5 Å². The summed E-state index contributed by atoms with van der Waals surface area (Å²) in [7, 11) is 4.79. The maximum Gasteiger partial charge on any atom is 0.326 e. The van der Waals surface area contributed by atoms with Gasteiger partial charge >= 0.3 is 6.01 Å². The van der Waals surface area contributed by atoms with Crippen molar-refractivity contribution < 1.29 is 18.7 Å². The Hall–Kier alpha value is -3.22. The number of rotatable bonds is 6. The molecule has 0 fully saturated rings. The van der Waals surface area contributed by atoms with Crippen LogP contribution in [-0.4, -0.2) is 31.5 Å². The Balaban J connectivity index is 1.87. The molecule has 0 aliphatic heterocycles. The molecule has 0 spiro atoms. The van der Waals surface area contributed by atoms with Crippen molar-refractivity contribution in [2.45, 2.75) is 0 Å². The van der Waals surface area contributed by atoms with Gasteiger partial charge in [0.05, 0.1) is 26.9 Å². The first-order chi connectivity index (χ1) is 11.7. The van der Waals surface area contributed by atoms with E-state index in [-0.39, 0.29) is 6.01 Å². The molecule has 0 aliphatic carbocycles. The Bertz CT molecular complexity index is 832. The van der Waals surface area contributed by atoms with Crippen LogP contribution in [0, 0.1) is 0 Å². The fourth-order valence-electron chi connectivity index (χ4n) is 2.20. The van der Waals surface area contributed by atoms with Crippen molar-refractivity contribution in [3.8, 4) is 28.6 Å². The SMILES string of the molecule is COc1cccc(Nc2nc(-c3cc(OC)ccc3OC)no2)c1. The second-order valence-corrected chi connectivity index (χ2v) is 4.85. The summed E-state index contributed by atoms with van der Waals surface area (Å²) in [6, 6.07) is 13.1. The summed E-state index contributed by atoms with van der Waals surface area (Å²) in [6.07, 6.45) is 0. The average Bonchev–Trinajstić information content (AvgIpc) is 3.09. The molecule has 0 saturated heterocycles. The lowest BCUT2D eigenvalue weighted by Crippen LogP contribution is -1.93. The van der Waals surface area contributed by atoms with Crippen LogP contribution in [0.1, 0.15) is 0 Å². The van der Waals surface area contributed by atoms with Crippen molar-refractivity contribution in [3.63, 3.8) is 0 Å². The highest BCUT2D eigenvalue weighted by Gasteiger charge is 2.15. The summed E-state index contributed by atoms with van der Waals surface area (Å²) in [5.41, 5.74) is 1.46. The van der Waals surface area contributed by atoms with Crippen molar-refractivity contribution in [2.75, 3.05) is 26.6 Å². The summed E-state index contributed by atoms with van der Waals surface area (Å²) in [5.74, 6) is 2.44. The van der Waals surface area contributed by atoms with Gasteiger partial charge in [-0.1, -0.05) is 11.2 Å². The summed E-state index contributed by atoms with van der Waals surface area (Å²) < 4.78 is 21.0. The quantitative estimate of drug-likeness (QED) is 0.742. The van der Waals surface area contributed by atoms with Crippen LogP contribution < -0.4 is 19.5 Å². The number of nitrogens with zero attached hydrogens (tertiary/aromatic N) is 2. The van der Waals surface area contributed by atoms with E-state index < -0.39 is 0 Å². The Morgan fingerprint density at radius 2 is 1.71 bits per heavy atom. The van der Waals surface area contributed by atoms with Gasteiger partial charge in [-0.3, -0.25) is 0 Å². The Labute approximate surface area is 139 Å². The van der Waals surface area contributed by atoms with Crippen LogP contribution in [0.15, 0.2) is 47.0 Å². The van der Waals surface area contributed by atoms with Gasteiger partial charge in [-0.05, 0) is 30.3 Å². The predicted molar refractivity (Wildman–Crippen MR) is 89.1 cm³/mol. The van der Waals surface area contributed by atoms with Crippen LogP contribution >= 0.6 is 0 Å². The van der Waals surface area contributed by atoms with Crippen molar-refractivity contribution in [2.24, 2.45) is 0 Å². The summed E-state index contributed by atoms with van der Waals surface area (Å²) >= 11 is 0. The molecule has 24 heavy (non-hydrogen) atoms. The smallest absolute Gasteiger partial charge is 0.326 e. The maximum atomic E-state index is 5.34. The molecule has 0 radical (unpaired) electrons. The van der Waals surface area contributed by atoms with E-state index >= 15 is 0 Å². The maximum absolute atomic E-state index is 5.34. The lowest BCUT2D eigenvalue weighted by Gasteiger charge is -2.07. The van der Waals surface area contributed by atoms with Crippen LogP contribution in [-0.2, 0) is 0 Å². The molecule has 1 heterocycles. The zero-order valence-electron chi connectivity index (χ0n) is 13.6. The fourth-order valence-corrected chi connectivity index (χ4v) is 2.20. The molecule has 0 unspecified atom stereocenters. The molecule has 1 N–H and O–H groups in total. The first kappa shape index (κ1) is 15.7. The van der Waals surface area contributed by atoms with Gasteiger partial charge in [-0.25, -0.2) is 0 Å². The van der Waals surface area contributed by atoms with Gasteiger partial charge in [0.1, 0.15) is 17.2 Å². The number of ether oxygens (including phenoxy) is 3. The average molecular weight is 327 g/mol. The Kier molecular flexibility index (Phi) is 4.51. The van der Waals surface area contributed by atoms with Crippen LogP contribution in [0.3, 0.4) is 0 Å². The minimum Gasteiger partial charge on any atom is -0.497 e. The summed E-state index contributed by atoms with van der Waals surface area (Å²) in [4.78, 5) is 4.35. The van der Waals surface area contributed by atoms with E-state index in [2.05, 4.69) is 15.5 Å². The third-order valence-electron chi connectivity index (χ3n) is 3.39. The molecule has 0 atom stereocenters. The molecular weight excluding hydrogens is 310 g/mol. The largest absolute Gasteiger partial charge is 0.497 e. The first-order valence-electron chi connectivity index (χ1n) is 7.20. The number of nitrogens with one attached hydrogen (secondary N) is 1. The van der Waals surface area contributed by atoms with E-state index in [0.29, 0.717) is 22.9 Å². The zero-order chi connectivity index (χ0) is 16.9. The second-order valence-electron chi connectivity index (χ2n) is 4.85. The van der Waals surface area contributed by atoms with Gasteiger partial charge in [-0.15, -0.1) is 0 Å². The van der Waals surface area contributed by atoms with Crippen molar-refractivity contribution >= 4 is 11.7 Å². The van der Waals surface area contributed by atoms with E-state index in [1.807, 2.05) is 24.3 Å². The molecule has 0 bridgehead atoms. The van der Waals surface area contributed by atoms with Gasteiger partial charge in [0.25, 0.3) is 0 Å². The van der Waals surface area contributed by atoms with E-state index in [4.69, 9.17) is 18.7 Å². The third-order valence-corrected chi connectivity index (χ3v) is 3.39. The summed E-state index contributed by atoms with van der Waals surface area (Å²) in [5, 5.41) is 7.04. The first-order valence-corrected chi connectivity index (χ1v) is 7.20. The van der Waals surface area contributed by atoms with Crippen molar-refractivity contribution in [1.82, 2.24) is 10.1 Å². The van der Waals surface area contributed by atoms with E-state index in [1.165, 1.54) is 0 Å². The number of anilines is 2. The van der Waals surface area contributed by atoms with Crippen LogP contribution in [0.2, 0.25) is 0 Å². The molecule has 124 valence electrons. The number of aromatic nitrogens is 2. The van der Waals surface area contributed by atoms with Crippen molar-refractivity contribution in [3.05, 3.63) is 42.5 Å². The fraction of sp³-hybridized carbons (Fsp3) is 0.176. The lowest BCUT2D eigenvalue weighted by atomic mass is 10.2. The second kappa shape index (κ2) is 6.91. The molecule has 1 aromatic heterocycles.